The van der Waals surface area contributed by atoms with Gasteiger partial charge in [-0.25, -0.2) is 0 Å². The summed E-state index contributed by atoms with van der Waals surface area (Å²) < 4.78 is 3.94. The van der Waals surface area contributed by atoms with Crippen molar-refractivity contribution in [2.45, 2.75) is 0 Å². The van der Waals surface area contributed by atoms with Gasteiger partial charge >= 0.3 is 0 Å². The first-order chi connectivity index (χ1) is 4.22. The van der Waals surface area contributed by atoms with Crippen LogP contribution < -0.4 is 0 Å². The van der Waals surface area contributed by atoms with E-state index in [0.717, 1.165) is 0 Å². The molecule has 1 atom stereocenters. The third kappa shape index (κ3) is 3.27. The fourth-order valence-electron chi connectivity index (χ4n) is 0.223. The minimum absolute atomic E-state index is 0.455. The molecule has 0 aliphatic rings. The number of hydrogen-bond acceptors (Lipinski definition) is 4. The van der Waals surface area contributed by atoms with Gasteiger partial charge in [-0.15, -0.1) is 16.1 Å². The van der Waals surface area contributed by atoms with Crippen molar-refractivity contribution < 1.29 is 0 Å². The molecule has 0 heterocycles. The molecule has 0 aromatic rings. The maximum Gasteiger partial charge on any atom is 0.212 e. The Morgan fingerprint density at radius 2 is 2.44 bits per heavy atom. The zero-order valence-corrected chi connectivity index (χ0v) is 6.84. The van der Waals surface area contributed by atoms with Gasteiger partial charge in [-0.2, -0.15) is 5.26 Å². The summed E-state index contributed by atoms with van der Waals surface area (Å²) in [7, 11) is -0.505. The first-order valence-electron chi connectivity index (χ1n) is 2.10. The summed E-state index contributed by atoms with van der Waals surface area (Å²) in [6.45, 7) is 0. The standard InChI is InChI=1S/C4H7N3S2/c1-8-4(6)9(2)7-3-5/h6H,1-2H3. The Kier molecular flexibility index (Phi) is 4.36. The summed E-state index contributed by atoms with van der Waals surface area (Å²) in [6, 6.07) is 0. The summed E-state index contributed by atoms with van der Waals surface area (Å²) in [5.74, 6) is 0. The molecule has 0 aliphatic heterocycles. The molecule has 0 fully saturated rings. The van der Waals surface area contributed by atoms with Crippen LogP contribution in [0.5, 0.6) is 0 Å². The highest BCUT2D eigenvalue weighted by Gasteiger charge is 1.93. The van der Waals surface area contributed by atoms with Gasteiger partial charge in [0.25, 0.3) is 0 Å². The monoisotopic (exact) mass is 161 g/mol. The van der Waals surface area contributed by atoms with E-state index in [4.69, 9.17) is 10.7 Å². The van der Waals surface area contributed by atoms with Gasteiger partial charge in [0.15, 0.2) is 0 Å². The normalized spacial score (nSPS) is 12.6. The van der Waals surface area contributed by atoms with E-state index in [1.165, 1.54) is 11.8 Å². The van der Waals surface area contributed by atoms with Crippen molar-refractivity contribution in [1.29, 1.82) is 10.7 Å². The minimum Gasteiger partial charge on any atom is -0.287 e. The van der Waals surface area contributed by atoms with E-state index < -0.39 is 10.7 Å². The van der Waals surface area contributed by atoms with Crippen molar-refractivity contribution in [1.82, 2.24) is 0 Å². The molecular formula is C4H7N3S2. The molecule has 0 aliphatic carbocycles. The summed E-state index contributed by atoms with van der Waals surface area (Å²) in [4.78, 5) is 0. The molecule has 0 aromatic heterocycles. The predicted octanol–water partition coefficient (Wildman–Crippen LogP) is 1.20. The number of nitrogens with one attached hydrogen (secondary N) is 1. The van der Waals surface area contributed by atoms with Crippen LogP contribution in [0.15, 0.2) is 4.36 Å². The van der Waals surface area contributed by atoms with Crippen LogP contribution in [0.4, 0.5) is 0 Å². The maximum atomic E-state index is 8.07. The van der Waals surface area contributed by atoms with Crippen molar-refractivity contribution in [3.63, 3.8) is 0 Å². The highest BCUT2D eigenvalue weighted by Crippen LogP contribution is 1.99. The fourth-order valence-corrected chi connectivity index (χ4v) is 1.51. The van der Waals surface area contributed by atoms with Crippen LogP contribution in [0, 0.1) is 16.9 Å². The second kappa shape index (κ2) is 4.53. The molecule has 0 saturated carbocycles. The van der Waals surface area contributed by atoms with Crippen LogP contribution in [-0.4, -0.2) is 16.9 Å². The van der Waals surface area contributed by atoms with Crippen LogP contribution in [0.3, 0.4) is 0 Å². The van der Waals surface area contributed by atoms with Crippen LogP contribution in [0.1, 0.15) is 0 Å². The van der Waals surface area contributed by atoms with Gasteiger partial charge in [-0.3, -0.25) is 5.41 Å². The van der Waals surface area contributed by atoms with E-state index in [1.54, 1.807) is 18.7 Å². The Labute approximate surface area is 61.1 Å². The van der Waals surface area contributed by atoms with Gasteiger partial charge in [0, 0.05) is 6.26 Å². The first-order valence-corrected chi connectivity index (χ1v) is 4.92. The van der Waals surface area contributed by atoms with Crippen LogP contribution in [-0.2, 0) is 10.7 Å². The number of hydrogen-bond donors (Lipinski definition) is 1. The Morgan fingerprint density at radius 1 is 1.89 bits per heavy atom. The zero-order chi connectivity index (χ0) is 7.28. The lowest BCUT2D eigenvalue weighted by molar-refractivity contribution is 1.46. The molecule has 3 nitrogen and oxygen atoms in total. The summed E-state index contributed by atoms with van der Waals surface area (Å²) in [5, 5.41) is 15.2. The fraction of sp³-hybridized carbons (Fsp3) is 0.500. The topological polar surface area (TPSA) is 60.0 Å². The average molecular weight is 161 g/mol. The maximum absolute atomic E-state index is 8.07. The third-order valence-corrected chi connectivity index (χ3v) is 3.12. The van der Waals surface area contributed by atoms with Crippen molar-refractivity contribution in [2.24, 2.45) is 4.36 Å². The second-order valence-corrected chi connectivity index (χ2v) is 3.78. The van der Waals surface area contributed by atoms with Crippen molar-refractivity contribution in [3.8, 4) is 6.19 Å². The Morgan fingerprint density at radius 3 is 2.78 bits per heavy atom. The molecule has 0 amide bonds. The quantitative estimate of drug-likeness (QED) is 0.329. The van der Waals surface area contributed by atoms with Crippen LogP contribution >= 0.6 is 11.8 Å². The predicted molar refractivity (Wildman–Crippen MR) is 42.6 cm³/mol. The summed E-state index contributed by atoms with van der Waals surface area (Å²) in [5.41, 5.74) is 0. The molecule has 9 heavy (non-hydrogen) atoms. The van der Waals surface area contributed by atoms with E-state index in [1.807, 2.05) is 0 Å². The molecule has 0 saturated heterocycles. The molecule has 0 aromatic carbocycles. The van der Waals surface area contributed by atoms with Gasteiger partial charge in [-0.05, 0) is 16.9 Å². The molecule has 1 unspecified atom stereocenters. The molecule has 0 rings (SSSR count). The lowest BCUT2D eigenvalue weighted by Gasteiger charge is -1.93. The van der Waals surface area contributed by atoms with Gasteiger partial charge in [0.05, 0.1) is 0 Å². The number of nitrogens with zero attached hydrogens (tertiary/aromatic N) is 2. The van der Waals surface area contributed by atoms with E-state index in [2.05, 4.69) is 4.36 Å². The largest absolute Gasteiger partial charge is 0.287 e. The Hall–Kier alpha value is -0.340. The molecule has 0 spiro atoms. The third-order valence-electron chi connectivity index (χ3n) is 0.631. The lowest BCUT2D eigenvalue weighted by atomic mass is 11.5. The molecule has 0 radical (unpaired) electrons. The van der Waals surface area contributed by atoms with Crippen molar-refractivity contribution in [3.05, 3.63) is 0 Å². The Bertz CT molecular complexity index is 179. The SMILES string of the molecule is CSC(=N)S(C)=NC#N. The first kappa shape index (κ1) is 8.66. The van der Waals surface area contributed by atoms with Gasteiger partial charge in [-0.1, -0.05) is 0 Å². The number of rotatable bonds is 0. The van der Waals surface area contributed by atoms with Gasteiger partial charge < -0.3 is 0 Å². The van der Waals surface area contributed by atoms with Crippen LogP contribution in [0.2, 0.25) is 0 Å². The number of thioether (sulfide) groups is 1. The van der Waals surface area contributed by atoms with Crippen molar-refractivity contribution >= 4 is 26.8 Å². The summed E-state index contributed by atoms with van der Waals surface area (Å²) in [6.07, 6.45) is 5.22. The minimum atomic E-state index is -0.505. The van der Waals surface area contributed by atoms with E-state index in [9.17, 15) is 0 Å². The Balaban J connectivity index is 4.07. The van der Waals surface area contributed by atoms with Gasteiger partial charge in [0.1, 0.15) is 4.38 Å². The lowest BCUT2D eigenvalue weighted by Crippen LogP contribution is -1.95. The van der Waals surface area contributed by atoms with Crippen molar-refractivity contribution in [2.75, 3.05) is 12.5 Å². The molecule has 5 heteroatoms. The second-order valence-electron chi connectivity index (χ2n) is 1.16. The molecular weight excluding hydrogens is 154 g/mol. The molecule has 50 valence electrons. The zero-order valence-electron chi connectivity index (χ0n) is 5.21. The number of nitriles is 1. The average Bonchev–Trinajstić information content (AvgIpc) is 1.87. The highest BCUT2D eigenvalue weighted by molar-refractivity contribution is 8.33. The van der Waals surface area contributed by atoms with E-state index in [-0.39, 0.29) is 0 Å². The van der Waals surface area contributed by atoms with E-state index >= 15 is 0 Å². The highest BCUT2D eigenvalue weighted by atomic mass is 32.2. The van der Waals surface area contributed by atoms with Gasteiger partial charge in [0.2, 0.25) is 6.19 Å². The summed E-state index contributed by atoms with van der Waals surface area (Å²) >= 11 is 1.32. The smallest absolute Gasteiger partial charge is 0.212 e. The molecule has 0 bridgehead atoms. The molecule has 1 N–H and O–H groups in total. The van der Waals surface area contributed by atoms with Crippen LogP contribution in [0.25, 0.3) is 0 Å². The van der Waals surface area contributed by atoms with E-state index in [0.29, 0.717) is 4.38 Å².